The van der Waals surface area contributed by atoms with Crippen LogP contribution in [-0.4, -0.2) is 26.4 Å². The van der Waals surface area contributed by atoms with Crippen LogP contribution in [0.1, 0.15) is 19.3 Å². The number of halogens is 4. The summed E-state index contributed by atoms with van der Waals surface area (Å²) in [5.41, 5.74) is 6.75. The van der Waals surface area contributed by atoms with Gasteiger partial charge >= 0.3 is 6.18 Å². The Morgan fingerprint density at radius 3 is 2.67 bits per heavy atom. The molecule has 0 saturated carbocycles. The summed E-state index contributed by atoms with van der Waals surface area (Å²) in [6, 6.07) is 5.00. The summed E-state index contributed by atoms with van der Waals surface area (Å²) in [6.45, 7) is 0.267. The van der Waals surface area contributed by atoms with Gasteiger partial charge in [-0.25, -0.2) is 4.68 Å². The lowest BCUT2D eigenvalue weighted by Gasteiger charge is -2.09. The van der Waals surface area contributed by atoms with E-state index in [1.807, 2.05) is 0 Å². The Morgan fingerprint density at radius 1 is 1.24 bits per heavy atom. The fourth-order valence-electron chi connectivity index (χ4n) is 1.90. The van der Waals surface area contributed by atoms with E-state index in [1.165, 1.54) is 4.68 Å². The third-order valence-electron chi connectivity index (χ3n) is 2.88. The first-order valence-electron chi connectivity index (χ1n) is 6.26. The molecule has 0 aliphatic carbocycles. The predicted molar refractivity (Wildman–Crippen MR) is 72.6 cm³/mol. The molecule has 0 atom stereocenters. The lowest BCUT2D eigenvalue weighted by molar-refractivity contribution is -0.135. The molecule has 1 aromatic carbocycles. The predicted octanol–water partition coefficient (Wildman–Crippen LogP) is 3.31. The van der Waals surface area contributed by atoms with Crippen LogP contribution in [0.2, 0.25) is 5.02 Å². The van der Waals surface area contributed by atoms with E-state index in [4.69, 9.17) is 17.3 Å². The normalized spacial score (nSPS) is 11.8. The molecular weight excluding hydrogens is 307 g/mol. The van der Waals surface area contributed by atoms with Crippen LogP contribution in [0.3, 0.4) is 0 Å². The monoisotopic (exact) mass is 319 g/mol. The minimum atomic E-state index is -4.14. The summed E-state index contributed by atoms with van der Waals surface area (Å²) >= 11 is 6.08. The minimum Gasteiger partial charge on any atom is -0.398 e. The van der Waals surface area contributed by atoms with Crippen LogP contribution in [0.25, 0.3) is 11.4 Å². The van der Waals surface area contributed by atoms with Crippen molar-refractivity contribution >= 4 is 17.3 Å². The molecule has 0 aliphatic heterocycles. The Hall–Kier alpha value is -1.83. The summed E-state index contributed by atoms with van der Waals surface area (Å²) in [6.07, 6.45) is -4.64. The summed E-state index contributed by atoms with van der Waals surface area (Å²) in [5, 5.41) is 11.5. The van der Waals surface area contributed by atoms with Crippen molar-refractivity contribution in [3.63, 3.8) is 0 Å². The van der Waals surface area contributed by atoms with Gasteiger partial charge in [0.1, 0.15) is 0 Å². The Labute approximate surface area is 123 Å². The third-order valence-corrected chi connectivity index (χ3v) is 3.20. The molecule has 21 heavy (non-hydrogen) atoms. The molecule has 0 radical (unpaired) electrons. The van der Waals surface area contributed by atoms with Crippen molar-refractivity contribution in [2.24, 2.45) is 0 Å². The van der Waals surface area contributed by atoms with Gasteiger partial charge in [0.15, 0.2) is 5.82 Å². The van der Waals surface area contributed by atoms with E-state index in [0.29, 0.717) is 28.5 Å². The highest BCUT2D eigenvalue weighted by atomic mass is 35.5. The van der Waals surface area contributed by atoms with Gasteiger partial charge in [0.25, 0.3) is 0 Å². The van der Waals surface area contributed by atoms with Gasteiger partial charge in [-0.3, -0.25) is 0 Å². The van der Waals surface area contributed by atoms with Gasteiger partial charge in [0.05, 0.1) is 10.6 Å². The SMILES string of the molecule is Nc1cccc(Cl)c1-c1nnnn1CCCCC(F)(F)F. The maximum Gasteiger partial charge on any atom is 0.389 e. The van der Waals surface area contributed by atoms with E-state index in [2.05, 4.69) is 15.5 Å². The van der Waals surface area contributed by atoms with Crippen LogP contribution in [0.5, 0.6) is 0 Å². The number of aromatic nitrogens is 4. The molecule has 0 spiro atoms. The van der Waals surface area contributed by atoms with Crippen molar-refractivity contribution < 1.29 is 13.2 Å². The number of nitrogen functional groups attached to an aromatic ring is 1. The molecule has 0 aliphatic rings. The number of hydrogen-bond acceptors (Lipinski definition) is 4. The summed E-state index contributed by atoms with van der Waals surface area (Å²) < 4.78 is 37.7. The fourth-order valence-corrected chi connectivity index (χ4v) is 2.16. The molecule has 0 unspecified atom stereocenters. The highest BCUT2D eigenvalue weighted by Gasteiger charge is 2.26. The average Bonchev–Trinajstić information content (AvgIpc) is 2.82. The number of hydrogen-bond donors (Lipinski definition) is 1. The van der Waals surface area contributed by atoms with E-state index in [0.717, 1.165) is 0 Å². The van der Waals surface area contributed by atoms with E-state index in [9.17, 15) is 13.2 Å². The zero-order valence-corrected chi connectivity index (χ0v) is 11.7. The number of rotatable bonds is 5. The molecule has 9 heteroatoms. The first-order valence-corrected chi connectivity index (χ1v) is 6.63. The molecule has 1 aromatic heterocycles. The van der Waals surface area contributed by atoms with Gasteiger partial charge < -0.3 is 5.73 Å². The summed E-state index contributed by atoms with van der Waals surface area (Å²) in [7, 11) is 0. The molecule has 2 rings (SSSR count). The van der Waals surface area contributed by atoms with E-state index >= 15 is 0 Å². The Morgan fingerprint density at radius 2 is 2.00 bits per heavy atom. The highest BCUT2D eigenvalue weighted by molar-refractivity contribution is 6.33. The quantitative estimate of drug-likeness (QED) is 0.678. The van der Waals surface area contributed by atoms with Crippen LogP contribution in [-0.2, 0) is 6.54 Å². The van der Waals surface area contributed by atoms with E-state index in [1.54, 1.807) is 18.2 Å². The van der Waals surface area contributed by atoms with Crippen molar-refractivity contribution in [2.75, 3.05) is 5.73 Å². The van der Waals surface area contributed by atoms with Gasteiger partial charge in [-0.2, -0.15) is 13.2 Å². The van der Waals surface area contributed by atoms with Gasteiger partial charge in [0, 0.05) is 18.7 Å². The number of nitrogens with zero attached hydrogens (tertiary/aromatic N) is 4. The summed E-state index contributed by atoms with van der Waals surface area (Å²) in [4.78, 5) is 0. The molecule has 114 valence electrons. The number of unbranched alkanes of at least 4 members (excludes halogenated alkanes) is 1. The van der Waals surface area contributed by atoms with Gasteiger partial charge in [0.2, 0.25) is 0 Å². The summed E-state index contributed by atoms with van der Waals surface area (Å²) in [5.74, 6) is 0.352. The second-order valence-corrected chi connectivity index (χ2v) is 4.91. The van der Waals surface area contributed by atoms with Crippen LogP contribution in [0.15, 0.2) is 18.2 Å². The standard InChI is InChI=1S/C12H13ClF3N5/c13-8-4-3-5-9(17)10(8)11-18-19-20-21(11)7-2-1-6-12(14,15)16/h3-5H,1-2,6-7,17H2. The van der Waals surface area contributed by atoms with E-state index in [-0.39, 0.29) is 13.0 Å². The lowest BCUT2D eigenvalue weighted by Crippen LogP contribution is -2.09. The lowest BCUT2D eigenvalue weighted by atomic mass is 10.1. The minimum absolute atomic E-state index is 0.0147. The largest absolute Gasteiger partial charge is 0.398 e. The molecule has 2 aromatic rings. The third kappa shape index (κ3) is 4.07. The second kappa shape index (κ2) is 6.30. The Balaban J connectivity index is 2.09. The molecule has 0 saturated heterocycles. The number of tetrazole rings is 1. The van der Waals surface area contributed by atoms with Gasteiger partial charge in [-0.15, -0.1) is 5.10 Å². The Kier molecular flexibility index (Phi) is 4.66. The molecule has 0 bridgehead atoms. The molecule has 1 heterocycles. The molecular formula is C12H13ClF3N5. The average molecular weight is 320 g/mol. The number of nitrogens with two attached hydrogens (primary N) is 1. The first-order chi connectivity index (χ1) is 9.88. The molecule has 0 fully saturated rings. The van der Waals surface area contributed by atoms with Crippen molar-refractivity contribution in [1.29, 1.82) is 0 Å². The number of benzene rings is 1. The number of alkyl halides is 3. The topological polar surface area (TPSA) is 69.6 Å². The zero-order valence-electron chi connectivity index (χ0n) is 10.9. The number of aryl methyl sites for hydroxylation is 1. The van der Waals surface area contributed by atoms with E-state index < -0.39 is 12.6 Å². The Bertz CT molecular complexity index is 591. The maximum absolute atomic E-state index is 12.1. The van der Waals surface area contributed by atoms with Crippen molar-refractivity contribution in [3.8, 4) is 11.4 Å². The molecule has 2 N–H and O–H groups in total. The molecule has 5 nitrogen and oxygen atoms in total. The van der Waals surface area contributed by atoms with Crippen LogP contribution < -0.4 is 5.73 Å². The number of anilines is 1. The van der Waals surface area contributed by atoms with Gasteiger partial charge in [-0.05, 0) is 35.4 Å². The first kappa shape index (κ1) is 15.6. The van der Waals surface area contributed by atoms with Crippen molar-refractivity contribution in [2.45, 2.75) is 32.0 Å². The maximum atomic E-state index is 12.1. The van der Waals surface area contributed by atoms with Gasteiger partial charge in [-0.1, -0.05) is 17.7 Å². The van der Waals surface area contributed by atoms with Crippen molar-refractivity contribution in [1.82, 2.24) is 20.2 Å². The van der Waals surface area contributed by atoms with Crippen LogP contribution in [0.4, 0.5) is 18.9 Å². The fraction of sp³-hybridized carbons (Fsp3) is 0.417. The van der Waals surface area contributed by atoms with Crippen molar-refractivity contribution in [3.05, 3.63) is 23.2 Å². The molecule has 0 amide bonds. The zero-order chi connectivity index (χ0) is 15.5. The highest BCUT2D eigenvalue weighted by Crippen LogP contribution is 2.31. The second-order valence-electron chi connectivity index (χ2n) is 4.50. The van der Waals surface area contributed by atoms with Crippen LogP contribution >= 0.6 is 11.6 Å². The van der Waals surface area contributed by atoms with Crippen LogP contribution in [0, 0.1) is 0 Å². The smallest absolute Gasteiger partial charge is 0.389 e.